The van der Waals surface area contributed by atoms with E-state index in [9.17, 15) is 14.9 Å². The number of anilines is 1. The van der Waals surface area contributed by atoms with E-state index < -0.39 is 4.92 Å². The molecule has 0 bridgehead atoms. The third-order valence-corrected chi connectivity index (χ3v) is 3.19. The predicted molar refractivity (Wildman–Crippen MR) is 64.3 cm³/mol. The summed E-state index contributed by atoms with van der Waals surface area (Å²) in [5.74, 6) is 0.834. The maximum atomic E-state index is 11.2. The number of nitrogens with zero attached hydrogens (tertiary/aromatic N) is 4. The van der Waals surface area contributed by atoms with Crippen LogP contribution in [0.25, 0.3) is 0 Å². The van der Waals surface area contributed by atoms with Gasteiger partial charge < -0.3 is 4.90 Å². The number of Topliss-reactive ketones (excluding diaryl/α,β-unsaturated/α-hetero) is 1. The van der Waals surface area contributed by atoms with Gasteiger partial charge >= 0.3 is 5.69 Å². The summed E-state index contributed by atoms with van der Waals surface area (Å²) in [6.45, 7) is 3.03. The molecular formula is C11H14N4O3. The van der Waals surface area contributed by atoms with Crippen LogP contribution < -0.4 is 4.90 Å². The molecule has 1 aromatic heterocycles. The molecule has 0 aliphatic carbocycles. The molecule has 0 radical (unpaired) electrons. The molecule has 7 heteroatoms. The first kappa shape index (κ1) is 12.4. The van der Waals surface area contributed by atoms with Crippen molar-refractivity contribution in [2.75, 3.05) is 18.0 Å². The van der Waals surface area contributed by atoms with Crippen molar-refractivity contribution in [3.63, 3.8) is 0 Å². The second kappa shape index (κ2) is 5.07. The van der Waals surface area contributed by atoms with Crippen molar-refractivity contribution >= 4 is 17.4 Å². The van der Waals surface area contributed by atoms with Crippen LogP contribution in [0.15, 0.2) is 12.4 Å². The fraction of sp³-hybridized carbons (Fsp3) is 0.545. The highest BCUT2D eigenvalue weighted by atomic mass is 16.6. The van der Waals surface area contributed by atoms with Gasteiger partial charge in [0.2, 0.25) is 5.95 Å². The van der Waals surface area contributed by atoms with Crippen molar-refractivity contribution in [2.45, 2.75) is 19.8 Å². The highest BCUT2D eigenvalue weighted by Gasteiger charge is 2.23. The van der Waals surface area contributed by atoms with Gasteiger partial charge in [-0.1, -0.05) is 0 Å². The molecule has 18 heavy (non-hydrogen) atoms. The summed E-state index contributed by atoms with van der Waals surface area (Å²) < 4.78 is 0. The molecule has 1 aromatic rings. The molecule has 0 aromatic carbocycles. The molecule has 1 fully saturated rings. The molecule has 0 spiro atoms. The Morgan fingerprint density at radius 1 is 1.39 bits per heavy atom. The Bertz CT molecular complexity index is 452. The predicted octanol–water partition coefficient (Wildman–Crippen LogP) is 1.19. The van der Waals surface area contributed by atoms with Gasteiger partial charge in [-0.3, -0.25) is 14.9 Å². The van der Waals surface area contributed by atoms with E-state index in [0.717, 1.165) is 12.8 Å². The van der Waals surface area contributed by atoms with Crippen molar-refractivity contribution in [2.24, 2.45) is 5.92 Å². The largest absolute Gasteiger partial charge is 0.341 e. The molecule has 0 unspecified atom stereocenters. The van der Waals surface area contributed by atoms with Gasteiger partial charge in [-0.25, -0.2) is 9.97 Å². The number of hydrogen-bond acceptors (Lipinski definition) is 6. The Hall–Kier alpha value is -2.05. The molecule has 0 atom stereocenters. The summed E-state index contributed by atoms with van der Waals surface area (Å²) in [7, 11) is 0. The standard InChI is InChI=1S/C11H14N4O3/c1-8(16)9-2-4-14(5-3-9)11-12-6-10(7-13-11)15(17)18/h6-7,9H,2-5H2,1H3. The third-order valence-electron chi connectivity index (χ3n) is 3.19. The van der Waals surface area contributed by atoms with Gasteiger partial charge in [-0.05, 0) is 19.8 Å². The van der Waals surface area contributed by atoms with Crippen LogP contribution in [0.2, 0.25) is 0 Å². The van der Waals surface area contributed by atoms with Crippen molar-refractivity contribution in [1.29, 1.82) is 0 Å². The van der Waals surface area contributed by atoms with E-state index in [-0.39, 0.29) is 17.4 Å². The Kier molecular flexibility index (Phi) is 3.50. The lowest BCUT2D eigenvalue weighted by molar-refractivity contribution is -0.385. The lowest BCUT2D eigenvalue weighted by atomic mass is 9.93. The highest BCUT2D eigenvalue weighted by molar-refractivity contribution is 5.78. The SMILES string of the molecule is CC(=O)C1CCN(c2ncc([N+](=O)[O-])cn2)CC1. The van der Waals surface area contributed by atoms with Crippen molar-refractivity contribution in [3.05, 3.63) is 22.5 Å². The number of hydrogen-bond donors (Lipinski definition) is 0. The van der Waals surface area contributed by atoms with E-state index in [4.69, 9.17) is 0 Å². The second-order valence-corrected chi connectivity index (χ2v) is 4.37. The zero-order chi connectivity index (χ0) is 13.1. The number of nitro groups is 1. The first-order valence-corrected chi connectivity index (χ1v) is 5.80. The molecular weight excluding hydrogens is 236 g/mol. The average Bonchev–Trinajstić information content (AvgIpc) is 2.39. The molecule has 96 valence electrons. The van der Waals surface area contributed by atoms with Crippen LogP contribution in [0.4, 0.5) is 11.6 Å². The highest BCUT2D eigenvalue weighted by Crippen LogP contribution is 2.21. The van der Waals surface area contributed by atoms with E-state index in [0.29, 0.717) is 19.0 Å². The lowest BCUT2D eigenvalue weighted by Crippen LogP contribution is -2.36. The first-order valence-electron chi connectivity index (χ1n) is 5.80. The van der Waals surface area contributed by atoms with E-state index >= 15 is 0 Å². The molecule has 1 aliphatic rings. The summed E-state index contributed by atoms with van der Waals surface area (Å²) >= 11 is 0. The number of carbonyl (C=O) groups excluding carboxylic acids is 1. The lowest BCUT2D eigenvalue weighted by Gasteiger charge is -2.30. The summed E-state index contributed by atoms with van der Waals surface area (Å²) in [4.78, 5) is 31.1. The van der Waals surface area contributed by atoms with Crippen molar-refractivity contribution < 1.29 is 9.72 Å². The Morgan fingerprint density at radius 2 is 1.94 bits per heavy atom. The van der Waals surface area contributed by atoms with Crippen LogP contribution >= 0.6 is 0 Å². The topological polar surface area (TPSA) is 89.2 Å². The van der Waals surface area contributed by atoms with Crippen LogP contribution in [0.3, 0.4) is 0 Å². The fourth-order valence-corrected chi connectivity index (χ4v) is 2.06. The normalized spacial score (nSPS) is 16.6. The third kappa shape index (κ3) is 2.61. The second-order valence-electron chi connectivity index (χ2n) is 4.37. The summed E-state index contributed by atoms with van der Waals surface area (Å²) in [6, 6.07) is 0. The van der Waals surface area contributed by atoms with Crippen molar-refractivity contribution in [1.82, 2.24) is 9.97 Å². The van der Waals surface area contributed by atoms with Gasteiger partial charge in [-0.2, -0.15) is 0 Å². The Morgan fingerprint density at radius 3 is 2.39 bits per heavy atom. The average molecular weight is 250 g/mol. The number of piperidine rings is 1. The van der Waals surface area contributed by atoms with Crippen LogP contribution in [0, 0.1) is 16.0 Å². The molecule has 0 saturated carbocycles. The smallest absolute Gasteiger partial charge is 0.305 e. The van der Waals surface area contributed by atoms with E-state index in [1.165, 1.54) is 12.4 Å². The maximum Gasteiger partial charge on any atom is 0.305 e. The van der Waals surface area contributed by atoms with E-state index in [1.54, 1.807) is 6.92 Å². The number of aromatic nitrogens is 2. The number of ketones is 1. The monoisotopic (exact) mass is 250 g/mol. The number of rotatable bonds is 3. The van der Waals surface area contributed by atoms with Gasteiger partial charge in [0.1, 0.15) is 18.2 Å². The quantitative estimate of drug-likeness (QED) is 0.591. The fourth-order valence-electron chi connectivity index (χ4n) is 2.06. The summed E-state index contributed by atoms with van der Waals surface area (Å²) in [6.07, 6.45) is 3.99. The van der Waals surface area contributed by atoms with Gasteiger partial charge in [0, 0.05) is 19.0 Å². The number of carbonyl (C=O) groups is 1. The summed E-state index contributed by atoms with van der Waals surface area (Å²) in [5.41, 5.74) is -0.114. The van der Waals surface area contributed by atoms with Gasteiger partial charge in [0.15, 0.2) is 0 Å². The molecule has 0 amide bonds. The first-order chi connectivity index (χ1) is 8.58. The van der Waals surface area contributed by atoms with Gasteiger partial charge in [-0.15, -0.1) is 0 Å². The van der Waals surface area contributed by atoms with E-state index in [2.05, 4.69) is 9.97 Å². The van der Waals surface area contributed by atoms with Crippen LogP contribution in [-0.2, 0) is 4.79 Å². The Balaban J connectivity index is 2.01. The van der Waals surface area contributed by atoms with Gasteiger partial charge in [0.05, 0.1) is 4.92 Å². The zero-order valence-corrected chi connectivity index (χ0v) is 10.1. The van der Waals surface area contributed by atoms with Crippen LogP contribution in [0.1, 0.15) is 19.8 Å². The summed E-state index contributed by atoms with van der Waals surface area (Å²) in [5, 5.41) is 10.5. The van der Waals surface area contributed by atoms with E-state index in [1.807, 2.05) is 4.90 Å². The zero-order valence-electron chi connectivity index (χ0n) is 10.1. The minimum absolute atomic E-state index is 0.114. The minimum atomic E-state index is -0.522. The van der Waals surface area contributed by atoms with Crippen LogP contribution in [0.5, 0.6) is 0 Å². The van der Waals surface area contributed by atoms with Gasteiger partial charge in [0.25, 0.3) is 0 Å². The van der Waals surface area contributed by atoms with Crippen molar-refractivity contribution in [3.8, 4) is 0 Å². The molecule has 1 saturated heterocycles. The molecule has 2 rings (SSSR count). The maximum absolute atomic E-state index is 11.2. The molecule has 7 nitrogen and oxygen atoms in total. The minimum Gasteiger partial charge on any atom is -0.341 e. The molecule has 2 heterocycles. The molecule has 1 aliphatic heterocycles. The van der Waals surface area contributed by atoms with Crippen LogP contribution in [-0.4, -0.2) is 33.8 Å². The Labute approximate surface area is 104 Å². The molecule has 0 N–H and O–H groups in total.